The first kappa shape index (κ1) is 15.1. The molecule has 1 heteroatoms. The smallest absolute Gasteiger partial charge is 0.119 e. The van der Waals surface area contributed by atoms with Crippen molar-refractivity contribution in [2.45, 2.75) is 72.1 Å². The Morgan fingerprint density at radius 1 is 0.833 bits per heavy atom. The van der Waals surface area contributed by atoms with Gasteiger partial charge in [0.05, 0.1) is 0 Å². The average Bonchev–Trinajstić information content (AvgIpc) is 2.35. The molecule has 0 aliphatic heterocycles. The van der Waals surface area contributed by atoms with Crippen LogP contribution in [0.4, 0.5) is 0 Å². The van der Waals surface area contributed by atoms with Crippen molar-refractivity contribution in [1.29, 1.82) is 0 Å². The number of hydrogen-bond acceptors (Lipinski definition) is 1. The minimum absolute atomic E-state index is 0.490. The molecule has 1 N–H and O–H groups in total. The Morgan fingerprint density at radius 3 is 2.17 bits per heavy atom. The quantitative estimate of drug-likeness (QED) is 0.629. The average molecular weight is 248 g/mol. The van der Waals surface area contributed by atoms with Gasteiger partial charge in [-0.3, -0.25) is 0 Å². The minimum atomic E-state index is 0.490. The normalized spacial score (nSPS) is 10.8. The fourth-order valence-electron chi connectivity index (χ4n) is 2.37. The zero-order valence-electron chi connectivity index (χ0n) is 12.3. The summed E-state index contributed by atoms with van der Waals surface area (Å²) in [6.07, 6.45) is 9.66. The lowest BCUT2D eigenvalue weighted by Crippen LogP contribution is -1.95. The fraction of sp³-hybridized carbons (Fsp3) is 0.647. The topological polar surface area (TPSA) is 20.2 Å². The summed E-state index contributed by atoms with van der Waals surface area (Å²) in [6, 6.07) is 4.17. The maximum Gasteiger partial charge on any atom is 0.119 e. The van der Waals surface area contributed by atoms with Crippen LogP contribution >= 0.6 is 0 Å². The molecular weight excluding hydrogens is 220 g/mol. The van der Waals surface area contributed by atoms with Gasteiger partial charge in [-0.2, -0.15) is 0 Å². The maximum absolute atomic E-state index is 10.00. The second-order valence-corrected chi connectivity index (χ2v) is 5.32. The maximum atomic E-state index is 10.00. The van der Waals surface area contributed by atoms with E-state index in [1.54, 1.807) is 0 Å². The SMILES string of the molecule is CCCCCCc1cc(CCCC)c(C)cc1O. The first-order chi connectivity index (χ1) is 8.69. The van der Waals surface area contributed by atoms with Gasteiger partial charge >= 0.3 is 0 Å². The van der Waals surface area contributed by atoms with Gasteiger partial charge in [0.15, 0.2) is 0 Å². The van der Waals surface area contributed by atoms with Crippen LogP contribution in [-0.4, -0.2) is 5.11 Å². The Labute approximate surface area is 112 Å². The Morgan fingerprint density at radius 2 is 1.50 bits per heavy atom. The Kier molecular flexibility index (Phi) is 6.85. The van der Waals surface area contributed by atoms with Gasteiger partial charge in [0.25, 0.3) is 0 Å². The fourth-order valence-corrected chi connectivity index (χ4v) is 2.37. The van der Waals surface area contributed by atoms with Crippen LogP contribution in [0.25, 0.3) is 0 Å². The lowest BCUT2D eigenvalue weighted by atomic mass is 9.96. The van der Waals surface area contributed by atoms with Crippen molar-refractivity contribution in [2.75, 3.05) is 0 Å². The lowest BCUT2D eigenvalue weighted by molar-refractivity contribution is 0.465. The van der Waals surface area contributed by atoms with Gasteiger partial charge in [-0.05, 0) is 55.4 Å². The van der Waals surface area contributed by atoms with Gasteiger partial charge < -0.3 is 5.11 Å². The van der Waals surface area contributed by atoms with Gasteiger partial charge in [-0.1, -0.05) is 45.6 Å². The van der Waals surface area contributed by atoms with E-state index in [0.717, 1.165) is 18.4 Å². The number of benzene rings is 1. The molecule has 0 fully saturated rings. The zero-order chi connectivity index (χ0) is 13.4. The summed E-state index contributed by atoms with van der Waals surface area (Å²) >= 11 is 0. The van der Waals surface area contributed by atoms with Crippen molar-refractivity contribution in [3.63, 3.8) is 0 Å². The van der Waals surface area contributed by atoms with E-state index in [-0.39, 0.29) is 0 Å². The van der Waals surface area contributed by atoms with Crippen LogP contribution in [0.15, 0.2) is 12.1 Å². The predicted octanol–water partition coefficient (Wildman–Crippen LogP) is 5.17. The highest BCUT2D eigenvalue weighted by Gasteiger charge is 2.06. The van der Waals surface area contributed by atoms with Crippen molar-refractivity contribution in [3.05, 3.63) is 28.8 Å². The van der Waals surface area contributed by atoms with Crippen LogP contribution in [0.2, 0.25) is 0 Å². The summed E-state index contributed by atoms with van der Waals surface area (Å²) in [5.41, 5.74) is 3.79. The summed E-state index contributed by atoms with van der Waals surface area (Å²) in [5.74, 6) is 0.490. The number of phenolic OH excluding ortho intramolecular Hbond substituents is 1. The number of unbranched alkanes of at least 4 members (excludes halogenated alkanes) is 4. The molecule has 1 aromatic carbocycles. The Balaban J connectivity index is 2.65. The highest BCUT2D eigenvalue weighted by molar-refractivity contribution is 5.41. The molecule has 0 radical (unpaired) electrons. The van der Waals surface area contributed by atoms with E-state index < -0.39 is 0 Å². The molecule has 102 valence electrons. The molecule has 0 bridgehead atoms. The molecule has 0 aliphatic rings. The third kappa shape index (κ3) is 4.72. The van der Waals surface area contributed by atoms with Crippen LogP contribution in [0.1, 0.15) is 69.1 Å². The van der Waals surface area contributed by atoms with Gasteiger partial charge in [0.1, 0.15) is 5.75 Å². The minimum Gasteiger partial charge on any atom is -0.508 e. The van der Waals surface area contributed by atoms with E-state index in [1.165, 1.54) is 49.7 Å². The van der Waals surface area contributed by atoms with Crippen molar-refractivity contribution in [2.24, 2.45) is 0 Å². The molecule has 0 atom stereocenters. The molecule has 0 spiro atoms. The third-order valence-corrected chi connectivity index (χ3v) is 3.64. The monoisotopic (exact) mass is 248 g/mol. The van der Waals surface area contributed by atoms with Gasteiger partial charge in [0, 0.05) is 0 Å². The number of aryl methyl sites for hydroxylation is 3. The number of rotatable bonds is 8. The Bertz CT molecular complexity index is 355. The van der Waals surface area contributed by atoms with Gasteiger partial charge in [0.2, 0.25) is 0 Å². The molecule has 0 heterocycles. The molecular formula is C17H28O. The van der Waals surface area contributed by atoms with Crippen LogP contribution in [0.5, 0.6) is 5.75 Å². The predicted molar refractivity (Wildman–Crippen MR) is 79.3 cm³/mol. The molecule has 1 aromatic rings. The first-order valence-electron chi connectivity index (χ1n) is 7.50. The molecule has 0 saturated heterocycles. The standard InChI is InChI=1S/C17H28O/c1-4-6-8-9-11-16-13-15(10-7-5-2)14(3)12-17(16)18/h12-13,18H,4-11H2,1-3H3. The molecule has 1 rings (SSSR count). The van der Waals surface area contributed by atoms with E-state index >= 15 is 0 Å². The largest absolute Gasteiger partial charge is 0.508 e. The van der Waals surface area contributed by atoms with E-state index in [1.807, 2.05) is 6.07 Å². The second kappa shape index (κ2) is 8.18. The van der Waals surface area contributed by atoms with Crippen LogP contribution in [-0.2, 0) is 12.8 Å². The summed E-state index contributed by atoms with van der Waals surface area (Å²) in [7, 11) is 0. The van der Waals surface area contributed by atoms with E-state index in [4.69, 9.17) is 0 Å². The molecule has 0 saturated carbocycles. The highest BCUT2D eigenvalue weighted by Crippen LogP contribution is 2.25. The highest BCUT2D eigenvalue weighted by atomic mass is 16.3. The Hall–Kier alpha value is -0.980. The van der Waals surface area contributed by atoms with Crippen molar-refractivity contribution in [1.82, 2.24) is 0 Å². The molecule has 0 unspecified atom stereocenters. The molecule has 0 aliphatic carbocycles. The third-order valence-electron chi connectivity index (χ3n) is 3.64. The number of hydrogen-bond donors (Lipinski definition) is 1. The van der Waals surface area contributed by atoms with Crippen LogP contribution < -0.4 is 0 Å². The summed E-state index contributed by atoms with van der Waals surface area (Å²) in [4.78, 5) is 0. The molecule has 0 amide bonds. The van der Waals surface area contributed by atoms with Crippen LogP contribution in [0, 0.1) is 6.92 Å². The number of phenols is 1. The summed E-state index contributed by atoms with van der Waals surface area (Å²) in [6.45, 7) is 6.55. The van der Waals surface area contributed by atoms with Crippen LogP contribution in [0.3, 0.4) is 0 Å². The molecule has 18 heavy (non-hydrogen) atoms. The van der Waals surface area contributed by atoms with Crippen molar-refractivity contribution in [3.8, 4) is 5.75 Å². The van der Waals surface area contributed by atoms with E-state index in [2.05, 4.69) is 26.8 Å². The molecule has 0 aromatic heterocycles. The second-order valence-electron chi connectivity index (χ2n) is 5.32. The number of aromatic hydroxyl groups is 1. The van der Waals surface area contributed by atoms with Crippen molar-refractivity contribution >= 4 is 0 Å². The van der Waals surface area contributed by atoms with Gasteiger partial charge in [-0.15, -0.1) is 0 Å². The summed E-state index contributed by atoms with van der Waals surface area (Å²) < 4.78 is 0. The first-order valence-corrected chi connectivity index (χ1v) is 7.50. The van der Waals surface area contributed by atoms with Crippen molar-refractivity contribution < 1.29 is 5.11 Å². The molecule has 1 nitrogen and oxygen atoms in total. The van der Waals surface area contributed by atoms with E-state index in [9.17, 15) is 5.11 Å². The lowest BCUT2D eigenvalue weighted by Gasteiger charge is -2.11. The van der Waals surface area contributed by atoms with Gasteiger partial charge in [-0.25, -0.2) is 0 Å². The summed E-state index contributed by atoms with van der Waals surface area (Å²) in [5, 5.41) is 10.00. The van der Waals surface area contributed by atoms with E-state index in [0.29, 0.717) is 5.75 Å². The zero-order valence-corrected chi connectivity index (χ0v) is 12.3.